The van der Waals surface area contributed by atoms with E-state index in [2.05, 4.69) is 21.9 Å². The number of carbonyl (C=O) groups excluding carboxylic acids is 1. The van der Waals surface area contributed by atoms with Crippen LogP contribution >= 0.6 is 11.6 Å². The molecular weight excluding hydrogens is 700 g/mol. The molecule has 0 saturated heterocycles. The maximum atomic E-state index is 15.3. The third-order valence-corrected chi connectivity index (χ3v) is 10.3. The number of pyridine rings is 1. The number of nitrogens with two attached hydrogens (primary N) is 2. The number of sulfone groups is 1. The Bertz CT molecular complexity index is 2160. The molecule has 0 saturated carbocycles. The van der Waals surface area contributed by atoms with Crippen molar-refractivity contribution in [2.75, 3.05) is 12.0 Å². The number of hydrogen-bond donors (Lipinski definition) is 2. The third kappa shape index (κ3) is 7.42. The minimum atomic E-state index is -4.77. The highest BCUT2D eigenvalue weighted by molar-refractivity contribution is 7.92. The van der Waals surface area contributed by atoms with Crippen LogP contribution < -0.4 is 11.5 Å². The molecule has 0 aliphatic heterocycles. The van der Waals surface area contributed by atoms with E-state index < -0.39 is 63.7 Å². The molecule has 0 bridgehead atoms. The molecule has 4 N–H and O–H groups in total. The molecule has 0 fully saturated rings. The van der Waals surface area contributed by atoms with Crippen LogP contribution in [-0.2, 0) is 40.4 Å². The Labute approximate surface area is 281 Å². The molecule has 0 radical (unpaired) electrons. The van der Waals surface area contributed by atoms with E-state index in [9.17, 15) is 35.2 Å². The standard InChI is InChI=1S/C32H28ClF6N5O4S/c1-31(2,49(3,46)47)7-6-23-20-12-18(36)13-21(20)25(19-4-5-22(33)26-28(19)44(43-29(26)40)14-32(37,38)39)27(42-23)24(48-30(41)45)10-15-8-16(34)11-17(35)9-15/h4-5,8-9,11,18,24H,10,12-14H2,1-3H3,(H2,40,43)(H2,41,45)/t18-,24+/m1/s1. The first-order valence-corrected chi connectivity index (χ1v) is 16.8. The van der Waals surface area contributed by atoms with Crippen LogP contribution in [0.4, 0.5) is 37.0 Å². The van der Waals surface area contributed by atoms with Gasteiger partial charge in [-0.2, -0.15) is 18.3 Å². The van der Waals surface area contributed by atoms with Gasteiger partial charge in [-0.1, -0.05) is 23.6 Å². The van der Waals surface area contributed by atoms with E-state index in [-0.39, 0.29) is 73.8 Å². The fraction of sp³-hybridized carbons (Fsp3) is 0.344. The Morgan fingerprint density at radius 1 is 1.14 bits per heavy atom. The van der Waals surface area contributed by atoms with Gasteiger partial charge < -0.3 is 16.2 Å². The van der Waals surface area contributed by atoms with Crippen molar-refractivity contribution in [3.8, 4) is 23.0 Å². The zero-order valence-corrected chi connectivity index (χ0v) is 27.6. The molecule has 2 atom stereocenters. The average molecular weight is 728 g/mol. The van der Waals surface area contributed by atoms with E-state index >= 15 is 4.39 Å². The number of benzene rings is 2. The predicted molar refractivity (Wildman–Crippen MR) is 170 cm³/mol. The van der Waals surface area contributed by atoms with Gasteiger partial charge in [0, 0.05) is 42.7 Å². The van der Waals surface area contributed by atoms with Crippen molar-refractivity contribution in [3.63, 3.8) is 0 Å². The van der Waals surface area contributed by atoms with Gasteiger partial charge in [0.15, 0.2) is 21.8 Å². The number of fused-ring (bicyclic) bond motifs is 2. The zero-order chi connectivity index (χ0) is 36.2. The molecule has 4 aromatic rings. The van der Waals surface area contributed by atoms with Crippen molar-refractivity contribution in [2.24, 2.45) is 5.73 Å². The molecule has 1 aliphatic carbocycles. The lowest BCUT2D eigenvalue weighted by Crippen LogP contribution is -2.28. The van der Waals surface area contributed by atoms with E-state index in [0.717, 1.165) is 18.4 Å². The molecule has 260 valence electrons. The van der Waals surface area contributed by atoms with Crippen molar-refractivity contribution in [3.05, 3.63) is 75.1 Å². The number of halogens is 7. The molecule has 2 aromatic carbocycles. The number of anilines is 1. The molecular formula is C32H28ClF6N5O4S. The summed E-state index contributed by atoms with van der Waals surface area (Å²) in [5, 5.41) is 3.76. The number of carbonyl (C=O) groups is 1. The van der Waals surface area contributed by atoms with Gasteiger partial charge in [-0.15, -0.1) is 0 Å². The van der Waals surface area contributed by atoms with Crippen molar-refractivity contribution >= 4 is 44.3 Å². The predicted octanol–water partition coefficient (Wildman–Crippen LogP) is 6.16. The molecule has 49 heavy (non-hydrogen) atoms. The van der Waals surface area contributed by atoms with Crippen LogP contribution in [0.15, 0.2) is 30.3 Å². The highest BCUT2D eigenvalue weighted by atomic mass is 35.5. The summed E-state index contributed by atoms with van der Waals surface area (Å²) >= 11 is 6.39. The van der Waals surface area contributed by atoms with Gasteiger partial charge in [0.05, 0.1) is 21.6 Å². The van der Waals surface area contributed by atoms with Crippen LogP contribution in [0.2, 0.25) is 5.02 Å². The summed E-state index contributed by atoms with van der Waals surface area (Å²) in [6, 6.07) is 5.20. The van der Waals surface area contributed by atoms with Crippen LogP contribution in [0, 0.1) is 23.5 Å². The lowest BCUT2D eigenvalue weighted by Gasteiger charge is -2.24. The van der Waals surface area contributed by atoms with Gasteiger partial charge in [0.25, 0.3) is 0 Å². The van der Waals surface area contributed by atoms with Gasteiger partial charge in [-0.3, -0.25) is 4.68 Å². The highest BCUT2D eigenvalue weighted by Gasteiger charge is 2.36. The second-order valence-corrected chi connectivity index (χ2v) is 15.1. The Kier molecular flexibility index (Phi) is 9.32. The minimum absolute atomic E-state index is 0.00353. The average Bonchev–Trinajstić information content (AvgIpc) is 3.49. The first-order valence-electron chi connectivity index (χ1n) is 14.5. The zero-order valence-electron chi connectivity index (χ0n) is 26.1. The topological polar surface area (TPSA) is 143 Å². The third-order valence-electron chi connectivity index (χ3n) is 8.08. The van der Waals surface area contributed by atoms with Crippen molar-refractivity contribution in [1.29, 1.82) is 0 Å². The smallest absolute Gasteiger partial charge is 0.408 e. The molecule has 2 aromatic heterocycles. The van der Waals surface area contributed by atoms with Crippen molar-refractivity contribution in [2.45, 2.75) is 62.9 Å². The number of primary amides is 1. The maximum Gasteiger partial charge on any atom is 0.408 e. The number of nitrogens with zero attached hydrogens (tertiary/aromatic N) is 3. The largest absolute Gasteiger partial charge is 0.439 e. The van der Waals surface area contributed by atoms with Crippen LogP contribution in [0.1, 0.15) is 48.0 Å². The van der Waals surface area contributed by atoms with E-state index in [1.807, 2.05) is 0 Å². The first kappa shape index (κ1) is 35.8. The lowest BCUT2D eigenvalue weighted by molar-refractivity contribution is -0.141. The molecule has 5 rings (SSSR count). The Hall–Kier alpha value is -4.49. The summed E-state index contributed by atoms with van der Waals surface area (Å²) < 4.78 is 114. The molecule has 0 spiro atoms. The Balaban J connectivity index is 1.91. The molecule has 9 nitrogen and oxygen atoms in total. The monoisotopic (exact) mass is 727 g/mol. The quantitative estimate of drug-likeness (QED) is 0.171. The lowest BCUT2D eigenvalue weighted by atomic mass is 9.89. The van der Waals surface area contributed by atoms with Gasteiger partial charge in [-0.25, -0.2) is 31.4 Å². The first-order chi connectivity index (χ1) is 22.6. The normalized spacial score (nSPS) is 15.5. The van der Waals surface area contributed by atoms with Gasteiger partial charge in [-0.05, 0) is 54.7 Å². The van der Waals surface area contributed by atoms with E-state index in [4.69, 9.17) is 27.8 Å². The summed E-state index contributed by atoms with van der Waals surface area (Å²) in [5.41, 5.74) is 11.3. The van der Waals surface area contributed by atoms with Gasteiger partial charge in [0.2, 0.25) is 0 Å². The fourth-order valence-electron chi connectivity index (χ4n) is 5.66. The summed E-state index contributed by atoms with van der Waals surface area (Å²) in [6.07, 6.45) is -9.29. The molecule has 0 unspecified atom stereocenters. The number of ether oxygens (including phenoxy) is 1. The van der Waals surface area contributed by atoms with Crippen LogP contribution in [-0.4, -0.2) is 52.6 Å². The summed E-state index contributed by atoms with van der Waals surface area (Å²) in [6.45, 7) is 1.09. The van der Waals surface area contributed by atoms with Gasteiger partial charge >= 0.3 is 12.3 Å². The van der Waals surface area contributed by atoms with Crippen LogP contribution in [0.3, 0.4) is 0 Å². The number of hydrogen-bond acceptors (Lipinski definition) is 7. The summed E-state index contributed by atoms with van der Waals surface area (Å²) in [4.78, 5) is 16.9. The number of nitrogen functional groups attached to an aromatic ring is 1. The number of alkyl halides is 4. The molecule has 1 aliphatic rings. The number of aromatic nitrogens is 3. The van der Waals surface area contributed by atoms with Crippen molar-refractivity contribution < 1.29 is 44.3 Å². The summed E-state index contributed by atoms with van der Waals surface area (Å²) in [5.74, 6) is 3.08. The van der Waals surface area contributed by atoms with Crippen LogP contribution in [0.25, 0.3) is 22.0 Å². The number of rotatable bonds is 7. The van der Waals surface area contributed by atoms with Crippen molar-refractivity contribution in [1.82, 2.24) is 14.8 Å². The Morgan fingerprint density at radius 3 is 2.37 bits per heavy atom. The number of amides is 1. The second kappa shape index (κ2) is 12.8. The molecule has 1 amide bonds. The van der Waals surface area contributed by atoms with E-state index in [0.29, 0.717) is 10.7 Å². The summed E-state index contributed by atoms with van der Waals surface area (Å²) in [7, 11) is -3.74. The Morgan fingerprint density at radius 2 is 1.78 bits per heavy atom. The van der Waals surface area contributed by atoms with Crippen LogP contribution in [0.5, 0.6) is 0 Å². The minimum Gasteiger partial charge on any atom is -0.439 e. The maximum absolute atomic E-state index is 15.3. The molecule has 2 heterocycles. The van der Waals surface area contributed by atoms with E-state index in [1.54, 1.807) is 0 Å². The SMILES string of the molecule is CC(C)(C#Cc1nc([C@H](Cc2cc(F)cc(F)c2)OC(N)=O)c(-c2ccc(Cl)c3c(N)nn(CC(F)(F)F)c23)c2c1C[C@@H](F)C2)S(C)(=O)=O. The molecule has 17 heteroatoms. The highest BCUT2D eigenvalue weighted by Crippen LogP contribution is 2.45. The fourth-order valence-corrected chi connectivity index (χ4v) is 6.15. The van der Waals surface area contributed by atoms with Gasteiger partial charge in [0.1, 0.15) is 34.8 Å². The van der Waals surface area contributed by atoms with E-state index in [1.165, 1.54) is 26.0 Å². The second-order valence-electron chi connectivity index (χ2n) is 12.1.